The number of hydrogen-bond donors (Lipinski definition) is 0. The van der Waals surface area contributed by atoms with Crippen LogP contribution in [-0.4, -0.2) is 9.97 Å². The third-order valence-electron chi connectivity index (χ3n) is 3.00. The van der Waals surface area contributed by atoms with Gasteiger partial charge < -0.3 is 0 Å². The molecule has 0 spiro atoms. The van der Waals surface area contributed by atoms with Gasteiger partial charge in [-0.25, -0.2) is 9.97 Å². The van der Waals surface area contributed by atoms with Gasteiger partial charge in [0.2, 0.25) is 0 Å². The van der Waals surface area contributed by atoms with Crippen molar-refractivity contribution in [3.8, 4) is 0 Å². The first-order chi connectivity index (χ1) is 8.42. The molecule has 0 saturated carbocycles. The summed E-state index contributed by atoms with van der Waals surface area (Å²) in [6.07, 6.45) is 3.47. The number of hydrogen-bond acceptors (Lipinski definition) is 3. The fourth-order valence-corrected chi connectivity index (χ4v) is 3.32. The number of nitrogens with zero attached hydrogens (tertiary/aromatic N) is 2. The van der Waals surface area contributed by atoms with Gasteiger partial charge in [-0.05, 0) is 18.2 Å². The average molecular weight is 236 g/mol. The van der Waals surface area contributed by atoms with E-state index in [0.29, 0.717) is 0 Å². The van der Waals surface area contributed by atoms with Crippen LogP contribution in [-0.2, 0) is 0 Å². The van der Waals surface area contributed by atoms with E-state index in [1.807, 2.05) is 17.5 Å². The minimum atomic E-state index is 1.01. The van der Waals surface area contributed by atoms with Crippen molar-refractivity contribution < 1.29 is 0 Å². The first-order valence-corrected chi connectivity index (χ1v) is 6.24. The van der Waals surface area contributed by atoms with Crippen molar-refractivity contribution in [1.29, 1.82) is 0 Å². The Kier molecular flexibility index (Phi) is 1.73. The monoisotopic (exact) mass is 236 g/mol. The number of benzene rings is 2. The van der Waals surface area contributed by atoms with Crippen LogP contribution in [0.1, 0.15) is 0 Å². The molecule has 0 aliphatic carbocycles. The second kappa shape index (κ2) is 3.25. The molecule has 4 aromatic rings. The van der Waals surface area contributed by atoms with Gasteiger partial charge in [0.15, 0.2) is 0 Å². The molecule has 0 N–H and O–H groups in total. The summed E-state index contributed by atoms with van der Waals surface area (Å²) < 4.78 is 2.61. The Hall–Kier alpha value is -2.00. The van der Waals surface area contributed by atoms with Crippen LogP contribution >= 0.6 is 11.3 Å². The van der Waals surface area contributed by atoms with Gasteiger partial charge in [0, 0.05) is 31.8 Å². The van der Waals surface area contributed by atoms with E-state index in [1.54, 1.807) is 6.33 Å². The quantitative estimate of drug-likeness (QED) is 0.461. The third kappa shape index (κ3) is 1.26. The SMILES string of the molecule is c1ccc2c(c1)sc1cc3ncncc3cc12. The third-order valence-corrected chi connectivity index (χ3v) is 4.14. The first-order valence-electron chi connectivity index (χ1n) is 5.43. The number of fused-ring (bicyclic) bond motifs is 4. The molecule has 0 amide bonds. The van der Waals surface area contributed by atoms with Crippen LogP contribution in [0, 0.1) is 0 Å². The van der Waals surface area contributed by atoms with Crippen LogP contribution in [0.3, 0.4) is 0 Å². The maximum Gasteiger partial charge on any atom is 0.116 e. The van der Waals surface area contributed by atoms with Gasteiger partial charge in [0.1, 0.15) is 6.33 Å². The van der Waals surface area contributed by atoms with Crippen LogP contribution in [0.15, 0.2) is 48.9 Å². The summed E-state index contributed by atoms with van der Waals surface area (Å²) in [6.45, 7) is 0. The molecular formula is C14H8N2S. The molecular weight excluding hydrogens is 228 g/mol. The Morgan fingerprint density at radius 2 is 1.88 bits per heavy atom. The Labute approximate surface area is 102 Å². The van der Waals surface area contributed by atoms with Crippen molar-refractivity contribution in [1.82, 2.24) is 9.97 Å². The minimum absolute atomic E-state index is 1.01. The summed E-state index contributed by atoms with van der Waals surface area (Å²) in [6, 6.07) is 12.8. The Bertz CT molecular complexity index is 842. The largest absolute Gasteiger partial charge is 0.244 e. The van der Waals surface area contributed by atoms with Crippen molar-refractivity contribution >= 4 is 42.4 Å². The zero-order valence-electron chi connectivity index (χ0n) is 8.92. The molecule has 0 saturated heterocycles. The predicted octanol–water partition coefficient (Wildman–Crippen LogP) is 4.00. The molecule has 80 valence electrons. The predicted molar refractivity (Wildman–Crippen MR) is 72.4 cm³/mol. The first kappa shape index (κ1) is 9.07. The van der Waals surface area contributed by atoms with E-state index in [2.05, 4.69) is 46.4 Å². The fraction of sp³-hybridized carbons (Fsp3) is 0. The van der Waals surface area contributed by atoms with Crippen LogP contribution in [0.4, 0.5) is 0 Å². The van der Waals surface area contributed by atoms with Gasteiger partial charge in [-0.15, -0.1) is 11.3 Å². The maximum absolute atomic E-state index is 4.30. The van der Waals surface area contributed by atoms with E-state index >= 15 is 0 Å². The van der Waals surface area contributed by atoms with Crippen molar-refractivity contribution in [2.24, 2.45) is 0 Å². The van der Waals surface area contributed by atoms with Gasteiger partial charge in [-0.1, -0.05) is 18.2 Å². The maximum atomic E-state index is 4.30. The highest BCUT2D eigenvalue weighted by atomic mass is 32.1. The average Bonchev–Trinajstić information content (AvgIpc) is 2.73. The highest BCUT2D eigenvalue weighted by Gasteiger charge is 2.06. The van der Waals surface area contributed by atoms with E-state index in [0.717, 1.165) is 10.9 Å². The summed E-state index contributed by atoms with van der Waals surface area (Å²) >= 11 is 1.82. The Balaban J connectivity index is 2.28. The summed E-state index contributed by atoms with van der Waals surface area (Å²) in [5, 5.41) is 3.72. The van der Waals surface area contributed by atoms with Crippen LogP contribution in [0.25, 0.3) is 31.1 Å². The van der Waals surface area contributed by atoms with Crippen molar-refractivity contribution in [2.45, 2.75) is 0 Å². The lowest BCUT2D eigenvalue weighted by molar-refractivity contribution is 1.22. The van der Waals surface area contributed by atoms with Crippen LogP contribution in [0.2, 0.25) is 0 Å². The summed E-state index contributed by atoms with van der Waals surface area (Å²) in [5.41, 5.74) is 1.01. The smallest absolute Gasteiger partial charge is 0.116 e. The molecule has 0 atom stereocenters. The highest BCUT2D eigenvalue weighted by Crippen LogP contribution is 2.35. The Morgan fingerprint density at radius 1 is 0.941 bits per heavy atom. The molecule has 4 rings (SSSR count). The lowest BCUT2D eigenvalue weighted by atomic mass is 10.1. The van der Waals surface area contributed by atoms with E-state index in [-0.39, 0.29) is 0 Å². The number of thiophene rings is 1. The molecule has 2 nitrogen and oxygen atoms in total. The van der Waals surface area contributed by atoms with E-state index < -0.39 is 0 Å². The fourth-order valence-electron chi connectivity index (χ4n) is 2.20. The zero-order chi connectivity index (χ0) is 11.2. The topological polar surface area (TPSA) is 25.8 Å². The minimum Gasteiger partial charge on any atom is -0.244 e. The van der Waals surface area contributed by atoms with Gasteiger partial charge in [-0.2, -0.15) is 0 Å². The molecule has 0 aliphatic rings. The van der Waals surface area contributed by atoms with Gasteiger partial charge in [-0.3, -0.25) is 0 Å². The number of rotatable bonds is 0. The van der Waals surface area contributed by atoms with Crippen LogP contribution < -0.4 is 0 Å². The highest BCUT2D eigenvalue weighted by molar-refractivity contribution is 7.25. The summed E-state index contributed by atoms with van der Waals surface area (Å²) in [5.74, 6) is 0. The molecule has 2 aromatic heterocycles. The standard InChI is InChI=1S/C14H8N2S/c1-2-4-13-10(3-1)11-5-9-7-15-8-16-12(9)6-14(11)17-13/h1-8H. The summed E-state index contributed by atoms with van der Waals surface area (Å²) in [7, 11) is 0. The lowest BCUT2D eigenvalue weighted by Crippen LogP contribution is -1.79. The van der Waals surface area contributed by atoms with Gasteiger partial charge in [0.25, 0.3) is 0 Å². The molecule has 17 heavy (non-hydrogen) atoms. The molecule has 0 bridgehead atoms. The van der Waals surface area contributed by atoms with Gasteiger partial charge in [0.05, 0.1) is 5.52 Å². The number of aromatic nitrogens is 2. The molecule has 2 aromatic carbocycles. The molecule has 0 aliphatic heterocycles. The van der Waals surface area contributed by atoms with E-state index in [1.165, 1.54) is 20.2 Å². The van der Waals surface area contributed by atoms with Crippen molar-refractivity contribution in [3.05, 3.63) is 48.9 Å². The molecule has 0 unspecified atom stereocenters. The Morgan fingerprint density at radius 3 is 2.88 bits per heavy atom. The van der Waals surface area contributed by atoms with Gasteiger partial charge >= 0.3 is 0 Å². The van der Waals surface area contributed by atoms with E-state index in [9.17, 15) is 0 Å². The molecule has 0 radical (unpaired) electrons. The summed E-state index contributed by atoms with van der Waals surface area (Å²) in [4.78, 5) is 8.37. The van der Waals surface area contributed by atoms with Crippen molar-refractivity contribution in [3.63, 3.8) is 0 Å². The second-order valence-electron chi connectivity index (χ2n) is 4.03. The normalized spacial score (nSPS) is 11.5. The molecule has 0 fully saturated rings. The van der Waals surface area contributed by atoms with Crippen LogP contribution in [0.5, 0.6) is 0 Å². The van der Waals surface area contributed by atoms with E-state index in [4.69, 9.17) is 0 Å². The zero-order valence-corrected chi connectivity index (χ0v) is 9.74. The van der Waals surface area contributed by atoms with Crippen molar-refractivity contribution in [2.75, 3.05) is 0 Å². The second-order valence-corrected chi connectivity index (χ2v) is 5.11. The lowest BCUT2D eigenvalue weighted by Gasteiger charge is -1.96. The molecule has 2 heterocycles. The molecule has 3 heteroatoms.